The van der Waals surface area contributed by atoms with Gasteiger partial charge in [-0.2, -0.15) is 0 Å². The van der Waals surface area contributed by atoms with Crippen LogP contribution in [-0.2, 0) is 9.84 Å². The zero-order valence-corrected chi connectivity index (χ0v) is 12.0. The van der Waals surface area contributed by atoms with Gasteiger partial charge in [0.25, 0.3) is 0 Å². The van der Waals surface area contributed by atoms with Crippen molar-refractivity contribution in [2.75, 3.05) is 16.8 Å². The maximum atomic E-state index is 11.5. The molecule has 0 spiro atoms. The molecule has 0 aromatic carbocycles. The van der Waals surface area contributed by atoms with Crippen molar-refractivity contribution in [2.24, 2.45) is 0 Å². The first-order valence-electron chi connectivity index (χ1n) is 5.55. The fourth-order valence-electron chi connectivity index (χ4n) is 1.97. The van der Waals surface area contributed by atoms with Crippen LogP contribution in [0.15, 0.2) is 16.7 Å². The van der Waals surface area contributed by atoms with Crippen LogP contribution in [0.2, 0.25) is 0 Å². The molecule has 2 rings (SSSR count). The van der Waals surface area contributed by atoms with Crippen LogP contribution in [0.1, 0.15) is 18.4 Å². The summed E-state index contributed by atoms with van der Waals surface area (Å²) in [6, 6.07) is 1.94. The van der Waals surface area contributed by atoms with Gasteiger partial charge in [-0.05, 0) is 47.3 Å². The van der Waals surface area contributed by atoms with Crippen molar-refractivity contribution in [1.82, 2.24) is 4.98 Å². The highest BCUT2D eigenvalue weighted by Crippen LogP contribution is 2.23. The Kier molecular flexibility index (Phi) is 3.73. The lowest BCUT2D eigenvalue weighted by molar-refractivity contribution is 0.561. The maximum Gasteiger partial charge on any atom is 0.152 e. The summed E-state index contributed by atoms with van der Waals surface area (Å²) in [6.45, 7) is 1.96. The van der Waals surface area contributed by atoms with Gasteiger partial charge in [-0.15, -0.1) is 0 Å². The van der Waals surface area contributed by atoms with Crippen LogP contribution in [0, 0.1) is 6.92 Å². The lowest BCUT2D eigenvalue weighted by Gasteiger charge is -2.23. The summed E-state index contributed by atoms with van der Waals surface area (Å²) in [4.78, 5) is 4.27. The number of halogens is 1. The van der Waals surface area contributed by atoms with E-state index in [1.54, 1.807) is 6.20 Å². The molecule has 1 saturated heterocycles. The quantitative estimate of drug-likeness (QED) is 0.907. The predicted octanol–water partition coefficient (Wildman–Crippen LogP) is 2.14. The van der Waals surface area contributed by atoms with E-state index >= 15 is 0 Å². The van der Waals surface area contributed by atoms with E-state index in [0.717, 1.165) is 28.7 Å². The van der Waals surface area contributed by atoms with Gasteiger partial charge in [0.05, 0.1) is 16.0 Å². The zero-order valence-electron chi connectivity index (χ0n) is 9.61. The molecule has 1 aliphatic heterocycles. The minimum Gasteiger partial charge on any atom is -0.365 e. The molecule has 1 fully saturated rings. The van der Waals surface area contributed by atoms with E-state index in [4.69, 9.17) is 0 Å². The van der Waals surface area contributed by atoms with E-state index in [9.17, 15) is 8.42 Å². The first-order chi connectivity index (χ1) is 7.96. The Morgan fingerprint density at radius 3 is 2.94 bits per heavy atom. The maximum absolute atomic E-state index is 11.5. The molecule has 4 nitrogen and oxygen atoms in total. The standard InChI is InChI=1S/C11H15BrN2O2S/c1-8-5-10(12)11(13-6-8)14-9-3-2-4-17(15,16)7-9/h5-6,9H,2-4,7H2,1H3,(H,13,14). The monoisotopic (exact) mass is 318 g/mol. The molecule has 6 heteroatoms. The minimum atomic E-state index is -2.88. The number of nitrogens with one attached hydrogen (secondary N) is 1. The third-order valence-electron chi connectivity index (χ3n) is 2.78. The molecular weight excluding hydrogens is 304 g/mol. The van der Waals surface area contributed by atoms with E-state index in [0.29, 0.717) is 5.75 Å². The molecule has 1 N–H and O–H groups in total. The summed E-state index contributed by atoms with van der Waals surface area (Å²) in [5.41, 5.74) is 1.07. The second kappa shape index (κ2) is 4.94. The third-order valence-corrected chi connectivity index (χ3v) is 5.21. The number of nitrogens with zero attached hydrogens (tertiary/aromatic N) is 1. The summed E-state index contributed by atoms with van der Waals surface area (Å²) in [5.74, 6) is 1.24. The number of anilines is 1. The summed E-state index contributed by atoms with van der Waals surface area (Å²) < 4.78 is 23.9. The van der Waals surface area contributed by atoms with E-state index in [1.807, 2.05) is 13.0 Å². The third kappa shape index (κ3) is 3.42. The van der Waals surface area contributed by atoms with Gasteiger partial charge in [0.1, 0.15) is 5.82 Å². The zero-order chi connectivity index (χ0) is 12.5. The van der Waals surface area contributed by atoms with Crippen LogP contribution in [0.4, 0.5) is 5.82 Å². The van der Waals surface area contributed by atoms with Crippen LogP contribution < -0.4 is 5.32 Å². The summed E-state index contributed by atoms with van der Waals surface area (Å²) in [5, 5.41) is 3.19. The molecule has 1 aromatic rings. The molecule has 94 valence electrons. The molecule has 2 heterocycles. The van der Waals surface area contributed by atoms with Gasteiger partial charge in [0, 0.05) is 12.2 Å². The minimum absolute atomic E-state index is 0.0275. The Hall–Kier alpha value is -0.620. The Balaban J connectivity index is 2.10. The van der Waals surface area contributed by atoms with E-state index < -0.39 is 9.84 Å². The largest absolute Gasteiger partial charge is 0.365 e. The summed E-state index contributed by atoms with van der Waals surface area (Å²) >= 11 is 3.43. The van der Waals surface area contributed by atoms with E-state index in [1.165, 1.54) is 0 Å². The van der Waals surface area contributed by atoms with Crippen LogP contribution >= 0.6 is 15.9 Å². The van der Waals surface area contributed by atoms with Gasteiger partial charge in [-0.1, -0.05) is 0 Å². The van der Waals surface area contributed by atoms with Crippen LogP contribution in [-0.4, -0.2) is 30.9 Å². The van der Waals surface area contributed by atoms with Gasteiger partial charge in [-0.25, -0.2) is 13.4 Å². The van der Waals surface area contributed by atoms with Gasteiger partial charge >= 0.3 is 0 Å². The van der Waals surface area contributed by atoms with Crippen molar-refractivity contribution in [3.8, 4) is 0 Å². The molecule has 0 bridgehead atoms. The number of pyridine rings is 1. The van der Waals surface area contributed by atoms with Crippen molar-refractivity contribution >= 4 is 31.6 Å². The summed E-state index contributed by atoms with van der Waals surface area (Å²) in [7, 11) is -2.88. The fraction of sp³-hybridized carbons (Fsp3) is 0.545. The lowest BCUT2D eigenvalue weighted by Crippen LogP contribution is -2.35. The van der Waals surface area contributed by atoms with Gasteiger partial charge in [0.2, 0.25) is 0 Å². The molecular formula is C11H15BrN2O2S. The van der Waals surface area contributed by atoms with Crippen LogP contribution in [0.5, 0.6) is 0 Å². The van der Waals surface area contributed by atoms with Crippen LogP contribution in [0.25, 0.3) is 0 Å². The molecule has 1 unspecified atom stereocenters. The average Bonchev–Trinajstić information content (AvgIpc) is 2.21. The highest BCUT2D eigenvalue weighted by molar-refractivity contribution is 9.10. The van der Waals surface area contributed by atoms with Crippen LogP contribution in [0.3, 0.4) is 0 Å². The lowest BCUT2D eigenvalue weighted by atomic mass is 10.2. The van der Waals surface area contributed by atoms with Gasteiger partial charge in [0.15, 0.2) is 9.84 Å². The first-order valence-corrected chi connectivity index (χ1v) is 8.17. The van der Waals surface area contributed by atoms with Gasteiger partial charge in [-0.3, -0.25) is 0 Å². The molecule has 0 saturated carbocycles. The number of sulfone groups is 1. The second-order valence-electron chi connectivity index (χ2n) is 4.44. The topological polar surface area (TPSA) is 59.1 Å². The van der Waals surface area contributed by atoms with Crippen molar-refractivity contribution in [2.45, 2.75) is 25.8 Å². The highest BCUT2D eigenvalue weighted by atomic mass is 79.9. The molecule has 0 aliphatic carbocycles. The second-order valence-corrected chi connectivity index (χ2v) is 7.52. The van der Waals surface area contributed by atoms with Crippen molar-refractivity contribution < 1.29 is 8.42 Å². The Labute approximate surface area is 110 Å². The highest BCUT2D eigenvalue weighted by Gasteiger charge is 2.25. The molecule has 1 atom stereocenters. The number of hydrogen-bond acceptors (Lipinski definition) is 4. The van der Waals surface area contributed by atoms with Crippen molar-refractivity contribution in [1.29, 1.82) is 0 Å². The molecule has 17 heavy (non-hydrogen) atoms. The van der Waals surface area contributed by atoms with Crippen molar-refractivity contribution in [3.05, 3.63) is 22.3 Å². The molecule has 0 radical (unpaired) electrons. The average molecular weight is 319 g/mol. The number of aryl methyl sites for hydroxylation is 1. The Morgan fingerprint density at radius 1 is 1.53 bits per heavy atom. The predicted molar refractivity (Wildman–Crippen MR) is 72.0 cm³/mol. The molecule has 1 aromatic heterocycles. The fourth-order valence-corrected chi connectivity index (χ4v) is 4.18. The van der Waals surface area contributed by atoms with Gasteiger partial charge < -0.3 is 5.32 Å². The smallest absolute Gasteiger partial charge is 0.152 e. The Bertz CT molecular complexity index is 516. The Morgan fingerprint density at radius 2 is 2.29 bits per heavy atom. The van der Waals surface area contributed by atoms with E-state index in [2.05, 4.69) is 26.2 Å². The SMILES string of the molecule is Cc1cnc(NC2CCCS(=O)(=O)C2)c(Br)c1. The normalized spacial score (nSPS) is 23.3. The van der Waals surface area contributed by atoms with Crippen molar-refractivity contribution in [3.63, 3.8) is 0 Å². The first kappa shape index (κ1) is 12.8. The number of rotatable bonds is 2. The molecule has 1 aliphatic rings. The summed E-state index contributed by atoms with van der Waals surface area (Å²) in [6.07, 6.45) is 3.37. The number of aromatic nitrogens is 1. The molecule has 0 amide bonds. The number of hydrogen-bond donors (Lipinski definition) is 1. The van der Waals surface area contributed by atoms with E-state index in [-0.39, 0.29) is 11.8 Å².